The van der Waals surface area contributed by atoms with Crippen LogP contribution in [0.5, 0.6) is 0 Å². The first kappa shape index (κ1) is 15.9. The Bertz CT molecular complexity index is 641. The number of benzene rings is 1. The molecule has 0 amide bonds. The lowest BCUT2D eigenvalue weighted by Gasteiger charge is -2.26. The Labute approximate surface area is 138 Å². The van der Waals surface area contributed by atoms with Gasteiger partial charge in [0.05, 0.1) is 13.2 Å². The second kappa shape index (κ2) is 7.54. The molecule has 3 rings (SSSR count). The standard InChI is InChI=1S/C16H19N3O3S/c20-15(21)14(12-4-2-1-3-5-12)17-10-13-11-18-16(23-13)19-6-8-22-9-7-19/h1-5,11,14,17H,6-10H2,(H,20,21)/t14-/m1/s1. The van der Waals surface area contributed by atoms with Gasteiger partial charge < -0.3 is 14.7 Å². The van der Waals surface area contributed by atoms with E-state index < -0.39 is 12.0 Å². The van der Waals surface area contributed by atoms with Crippen molar-refractivity contribution in [2.24, 2.45) is 0 Å². The van der Waals surface area contributed by atoms with E-state index in [1.165, 1.54) is 0 Å². The summed E-state index contributed by atoms with van der Waals surface area (Å²) in [6, 6.07) is 8.48. The molecule has 23 heavy (non-hydrogen) atoms. The van der Waals surface area contributed by atoms with Gasteiger partial charge >= 0.3 is 5.97 Å². The van der Waals surface area contributed by atoms with E-state index in [2.05, 4.69) is 15.2 Å². The topological polar surface area (TPSA) is 74.7 Å². The number of carboxylic acid groups (broad SMARTS) is 1. The van der Waals surface area contributed by atoms with Crippen LogP contribution < -0.4 is 10.2 Å². The van der Waals surface area contributed by atoms with Crippen LogP contribution >= 0.6 is 11.3 Å². The number of aromatic nitrogens is 1. The van der Waals surface area contributed by atoms with E-state index in [1.807, 2.05) is 36.5 Å². The molecule has 1 aliphatic heterocycles. The van der Waals surface area contributed by atoms with E-state index >= 15 is 0 Å². The van der Waals surface area contributed by atoms with Crippen LogP contribution in [0.25, 0.3) is 0 Å². The Morgan fingerprint density at radius 3 is 2.78 bits per heavy atom. The van der Waals surface area contributed by atoms with Gasteiger partial charge in [-0.15, -0.1) is 11.3 Å². The summed E-state index contributed by atoms with van der Waals surface area (Å²) in [4.78, 5) is 19.1. The van der Waals surface area contributed by atoms with Crippen molar-refractivity contribution in [3.8, 4) is 0 Å². The van der Waals surface area contributed by atoms with Crippen molar-refractivity contribution in [3.05, 3.63) is 47.0 Å². The van der Waals surface area contributed by atoms with Crippen LogP contribution in [0.3, 0.4) is 0 Å². The average molecular weight is 333 g/mol. The zero-order chi connectivity index (χ0) is 16.1. The molecular formula is C16H19N3O3S. The molecule has 0 aliphatic carbocycles. The molecular weight excluding hydrogens is 314 g/mol. The van der Waals surface area contributed by atoms with Crippen molar-refractivity contribution in [1.29, 1.82) is 0 Å². The molecule has 0 spiro atoms. The van der Waals surface area contributed by atoms with E-state index in [9.17, 15) is 9.90 Å². The number of hydrogen-bond donors (Lipinski definition) is 2. The number of thiazole rings is 1. The fraction of sp³-hybridized carbons (Fsp3) is 0.375. The van der Waals surface area contributed by atoms with Crippen molar-refractivity contribution in [1.82, 2.24) is 10.3 Å². The number of nitrogens with zero attached hydrogens (tertiary/aromatic N) is 2. The molecule has 1 atom stereocenters. The number of nitrogens with one attached hydrogen (secondary N) is 1. The van der Waals surface area contributed by atoms with E-state index in [-0.39, 0.29) is 0 Å². The Morgan fingerprint density at radius 1 is 1.35 bits per heavy atom. The zero-order valence-electron chi connectivity index (χ0n) is 12.6. The van der Waals surface area contributed by atoms with Crippen LogP contribution in [0.1, 0.15) is 16.5 Å². The summed E-state index contributed by atoms with van der Waals surface area (Å²) in [7, 11) is 0. The van der Waals surface area contributed by atoms with E-state index in [0.29, 0.717) is 6.54 Å². The second-order valence-electron chi connectivity index (χ2n) is 5.27. The van der Waals surface area contributed by atoms with Crippen LogP contribution in [0.4, 0.5) is 5.13 Å². The summed E-state index contributed by atoms with van der Waals surface area (Å²) >= 11 is 1.59. The number of morpholine rings is 1. The molecule has 2 N–H and O–H groups in total. The molecule has 0 bridgehead atoms. The smallest absolute Gasteiger partial charge is 0.325 e. The first-order chi connectivity index (χ1) is 11.2. The highest BCUT2D eigenvalue weighted by Gasteiger charge is 2.20. The fourth-order valence-corrected chi connectivity index (χ4v) is 3.39. The summed E-state index contributed by atoms with van der Waals surface area (Å²) in [5.74, 6) is -0.880. The summed E-state index contributed by atoms with van der Waals surface area (Å²) < 4.78 is 5.34. The van der Waals surface area contributed by atoms with Gasteiger partial charge in [-0.05, 0) is 5.56 Å². The zero-order valence-corrected chi connectivity index (χ0v) is 13.5. The molecule has 7 heteroatoms. The maximum atomic E-state index is 11.5. The van der Waals surface area contributed by atoms with Gasteiger partial charge in [0.25, 0.3) is 0 Å². The third-order valence-corrected chi connectivity index (χ3v) is 4.74. The SMILES string of the molecule is O=C(O)[C@H](NCc1cnc(N2CCOCC2)s1)c1ccccc1. The van der Waals surface area contributed by atoms with Crippen LogP contribution in [0.15, 0.2) is 36.5 Å². The Balaban J connectivity index is 1.62. The molecule has 1 fully saturated rings. The maximum absolute atomic E-state index is 11.5. The number of carboxylic acids is 1. The number of carbonyl (C=O) groups is 1. The average Bonchev–Trinajstić information content (AvgIpc) is 3.05. The van der Waals surface area contributed by atoms with Gasteiger partial charge in [0.1, 0.15) is 6.04 Å². The Kier molecular flexibility index (Phi) is 5.22. The van der Waals surface area contributed by atoms with Gasteiger partial charge in [0.2, 0.25) is 0 Å². The quantitative estimate of drug-likeness (QED) is 0.841. The molecule has 6 nitrogen and oxygen atoms in total. The molecule has 122 valence electrons. The molecule has 1 aliphatic rings. The molecule has 0 unspecified atom stereocenters. The molecule has 1 saturated heterocycles. The van der Waals surface area contributed by atoms with Crippen molar-refractivity contribution in [2.45, 2.75) is 12.6 Å². The van der Waals surface area contributed by atoms with Crippen molar-refractivity contribution in [2.75, 3.05) is 31.2 Å². The van der Waals surface area contributed by atoms with Crippen molar-refractivity contribution >= 4 is 22.4 Å². The van der Waals surface area contributed by atoms with Gasteiger partial charge in [-0.2, -0.15) is 0 Å². The first-order valence-electron chi connectivity index (χ1n) is 7.52. The second-order valence-corrected chi connectivity index (χ2v) is 6.37. The van der Waals surface area contributed by atoms with Gasteiger partial charge in [-0.25, -0.2) is 4.98 Å². The number of rotatable bonds is 6. The molecule has 2 heterocycles. The highest BCUT2D eigenvalue weighted by Crippen LogP contribution is 2.24. The predicted octanol–water partition coefficient (Wildman–Crippen LogP) is 1.90. The van der Waals surface area contributed by atoms with Gasteiger partial charge in [-0.1, -0.05) is 30.3 Å². The monoisotopic (exact) mass is 333 g/mol. The van der Waals surface area contributed by atoms with Gasteiger partial charge in [0, 0.05) is 30.7 Å². The molecule has 1 aromatic heterocycles. The minimum absolute atomic E-state index is 0.480. The molecule has 0 radical (unpaired) electrons. The normalized spacial score (nSPS) is 16.3. The summed E-state index contributed by atoms with van der Waals surface area (Å²) in [5.41, 5.74) is 0.748. The lowest BCUT2D eigenvalue weighted by molar-refractivity contribution is -0.139. The van der Waals surface area contributed by atoms with Gasteiger partial charge in [0.15, 0.2) is 5.13 Å². The Morgan fingerprint density at radius 2 is 2.09 bits per heavy atom. The maximum Gasteiger partial charge on any atom is 0.325 e. The van der Waals surface area contributed by atoms with E-state index in [0.717, 1.165) is 41.9 Å². The summed E-state index contributed by atoms with van der Waals surface area (Å²) in [6.45, 7) is 3.63. The lowest BCUT2D eigenvalue weighted by atomic mass is 10.1. The first-order valence-corrected chi connectivity index (χ1v) is 8.34. The highest BCUT2D eigenvalue weighted by molar-refractivity contribution is 7.15. The predicted molar refractivity (Wildman–Crippen MR) is 88.8 cm³/mol. The van der Waals surface area contributed by atoms with Crippen molar-refractivity contribution < 1.29 is 14.6 Å². The minimum atomic E-state index is -0.880. The number of aliphatic carboxylic acids is 1. The number of anilines is 1. The Hall–Kier alpha value is -1.96. The third-order valence-electron chi connectivity index (χ3n) is 3.68. The van der Waals surface area contributed by atoms with Crippen LogP contribution in [-0.2, 0) is 16.1 Å². The van der Waals surface area contributed by atoms with Crippen LogP contribution in [0, 0.1) is 0 Å². The highest BCUT2D eigenvalue weighted by atomic mass is 32.1. The summed E-state index contributed by atoms with van der Waals surface area (Å²) in [6.07, 6.45) is 1.81. The van der Waals surface area contributed by atoms with Crippen LogP contribution in [0.2, 0.25) is 0 Å². The minimum Gasteiger partial charge on any atom is -0.480 e. The largest absolute Gasteiger partial charge is 0.480 e. The molecule has 1 aromatic carbocycles. The van der Waals surface area contributed by atoms with Crippen LogP contribution in [-0.4, -0.2) is 42.4 Å². The van der Waals surface area contributed by atoms with Crippen molar-refractivity contribution in [3.63, 3.8) is 0 Å². The number of ether oxygens (including phenoxy) is 1. The number of hydrogen-bond acceptors (Lipinski definition) is 6. The van der Waals surface area contributed by atoms with E-state index in [4.69, 9.17) is 4.74 Å². The molecule has 2 aromatic rings. The van der Waals surface area contributed by atoms with Gasteiger partial charge in [-0.3, -0.25) is 10.1 Å². The molecule has 0 saturated carbocycles. The fourth-order valence-electron chi connectivity index (χ4n) is 2.48. The van der Waals surface area contributed by atoms with E-state index in [1.54, 1.807) is 11.3 Å². The third kappa shape index (κ3) is 4.07. The summed E-state index contributed by atoms with van der Waals surface area (Å²) in [5, 5.41) is 13.5. The lowest BCUT2D eigenvalue weighted by Crippen LogP contribution is -2.36.